The first-order valence-electron chi connectivity index (χ1n) is 6.28. The number of carboxylic acid groups (broad SMARTS) is 1. The number of aromatic nitrogens is 1. The Morgan fingerprint density at radius 1 is 1.39 bits per heavy atom. The van der Waals surface area contributed by atoms with Gasteiger partial charge in [-0.1, -0.05) is 25.1 Å². The summed E-state index contributed by atoms with van der Waals surface area (Å²) in [4.78, 5) is 16.1. The summed E-state index contributed by atoms with van der Waals surface area (Å²) in [6.07, 6.45) is 2.73. The number of nitrogens with zero attached hydrogens (tertiary/aromatic N) is 1. The van der Waals surface area contributed by atoms with Crippen LogP contribution in [-0.2, 0) is 12.8 Å². The molecule has 0 radical (unpaired) electrons. The van der Waals surface area contributed by atoms with Crippen molar-refractivity contribution >= 4 is 16.9 Å². The fraction of sp³-hybridized carbons (Fsp3) is 0.333. The maximum Gasteiger partial charge on any atom is 0.0725 e. The molecule has 1 heterocycles. The molecule has 1 atom stereocenters. The lowest BCUT2D eigenvalue weighted by Gasteiger charge is -2.25. The van der Waals surface area contributed by atoms with Crippen molar-refractivity contribution < 1.29 is 9.90 Å². The summed E-state index contributed by atoms with van der Waals surface area (Å²) in [7, 11) is 0. The van der Waals surface area contributed by atoms with Crippen LogP contribution in [-0.4, -0.2) is 11.0 Å². The first-order valence-corrected chi connectivity index (χ1v) is 6.28. The lowest BCUT2D eigenvalue weighted by molar-refractivity contribution is -0.254. The zero-order valence-corrected chi connectivity index (χ0v) is 10.3. The molecule has 1 aliphatic rings. The Balaban J connectivity index is 2.36. The number of pyridine rings is 1. The van der Waals surface area contributed by atoms with Crippen molar-refractivity contribution in [1.82, 2.24) is 4.98 Å². The highest BCUT2D eigenvalue weighted by atomic mass is 16.4. The van der Waals surface area contributed by atoms with E-state index in [0.717, 1.165) is 36.0 Å². The summed E-state index contributed by atoms with van der Waals surface area (Å²) < 4.78 is 0. The number of rotatable bonds is 1. The Morgan fingerprint density at radius 3 is 2.94 bits per heavy atom. The third-order valence-electron chi connectivity index (χ3n) is 3.71. The van der Waals surface area contributed by atoms with Gasteiger partial charge in [0.05, 0.1) is 11.5 Å². The van der Waals surface area contributed by atoms with E-state index in [1.807, 2.05) is 24.3 Å². The van der Waals surface area contributed by atoms with Crippen molar-refractivity contribution in [3.05, 3.63) is 41.1 Å². The smallest absolute Gasteiger partial charge is 0.0725 e. The van der Waals surface area contributed by atoms with Crippen LogP contribution in [0, 0.1) is 5.92 Å². The van der Waals surface area contributed by atoms with Crippen molar-refractivity contribution in [2.45, 2.75) is 26.2 Å². The molecule has 0 spiro atoms. The van der Waals surface area contributed by atoms with Crippen LogP contribution < -0.4 is 5.11 Å². The van der Waals surface area contributed by atoms with E-state index < -0.39 is 5.97 Å². The molecule has 0 N–H and O–H groups in total. The van der Waals surface area contributed by atoms with Gasteiger partial charge in [0.25, 0.3) is 0 Å². The van der Waals surface area contributed by atoms with E-state index in [1.165, 1.54) is 0 Å². The van der Waals surface area contributed by atoms with Gasteiger partial charge in [-0.25, -0.2) is 0 Å². The number of benzene rings is 1. The number of aryl methyl sites for hydroxylation is 1. The van der Waals surface area contributed by atoms with Crippen LogP contribution in [0.2, 0.25) is 0 Å². The highest BCUT2D eigenvalue weighted by Gasteiger charge is 2.21. The van der Waals surface area contributed by atoms with E-state index in [4.69, 9.17) is 0 Å². The third-order valence-corrected chi connectivity index (χ3v) is 3.71. The number of carbonyl (C=O) groups is 1. The highest BCUT2D eigenvalue weighted by Crippen LogP contribution is 2.30. The van der Waals surface area contributed by atoms with Gasteiger partial charge in [-0.05, 0) is 36.8 Å². The molecule has 2 aromatic rings. The van der Waals surface area contributed by atoms with Gasteiger partial charge in [-0.15, -0.1) is 0 Å². The van der Waals surface area contributed by atoms with E-state index in [0.29, 0.717) is 16.9 Å². The maximum absolute atomic E-state index is 11.5. The zero-order valence-electron chi connectivity index (χ0n) is 10.3. The Morgan fingerprint density at radius 2 is 2.17 bits per heavy atom. The maximum atomic E-state index is 11.5. The van der Waals surface area contributed by atoms with E-state index in [1.54, 1.807) is 0 Å². The van der Waals surface area contributed by atoms with Crippen molar-refractivity contribution in [2.75, 3.05) is 0 Å². The molecule has 1 aliphatic carbocycles. The van der Waals surface area contributed by atoms with Crippen LogP contribution >= 0.6 is 0 Å². The fourth-order valence-corrected chi connectivity index (χ4v) is 2.80. The molecular formula is C15H14NO2-. The van der Waals surface area contributed by atoms with Crippen LogP contribution in [0.25, 0.3) is 10.9 Å². The predicted molar refractivity (Wildman–Crippen MR) is 67.3 cm³/mol. The molecule has 3 heteroatoms. The number of para-hydroxylation sites is 1. The lowest BCUT2D eigenvalue weighted by Crippen LogP contribution is -2.27. The molecule has 18 heavy (non-hydrogen) atoms. The summed E-state index contributed by atoms with van der Waals surface area (Å²) in [6.45, 7) is 2.15. The summed E-state index contributed by atoms with van der Waals surface area (Å²) >= 11 is 0. The van der Waals surface area contributed by atoms with Crippen molar-refractivity contribution in [3.8, 4) is 0 Å². The minimum absolute atomic E-state index is 0.349. The Labute approximate surface area is 105 Å². The second-order valence-electron chi connectivity index (χ2n) is 5.06. The molecule has 0 fully saturated rings. The normalized spacial score (nSPS) is 18.6. The van der Waals surface area contributed by atoms with E-state index >= 15 is 0 Å². The van der Waals surface area contributed by atoms with Crippen LogP contribution in [0.5, 0.6) is 0 Å². The molecule has 0 aliphatic heterocycles. The molecule has 1 aromatic carbocycles. The molecule has 3 nitrogen and oxygen atoms in total. The molecule has 0 saturated heterocycles. The molecule has 0 bridgehead atoms. The van der Waals surface area contributed by atoms with E-state index in [-0.39, 0.29) is 0 Å². The van der Waals surface area contributed by atoms with Crippen molar-refractivity contribution in [2.24, 2.45) is 5.92 Å². The molecular weight excluding hydrogens is 226 g/mol. The number of carbonyl (C=O) groups excluding carboxylic acids is 1. The minimum Gasteiger partial charge on any atom is -0.545 e. The average Bonchev–Trinajstić information content (AvgIpc) is 2.35. The Kier molecular flexibility index (Phi) is 2.54. The summed E-state index contributed by atoms with van der Waals surface area (Å²) in [6, 6.07) is 7.40. The second kappa shape index (κ2) is 4.09. The number of aromatic carboxylic acids is 1. The Bertz CT molecular complexity index is 634. The summed E-state index contributed by atoms with van der Waals surface area (Å²) in [5, 5.41) is 12.2. The summed E-state index contributed by atoms with van der Waals surface area (Å²) in [5.74, 6) is -0.572. The van der Waals surface area contributed by atoms with Crippen LogP contribution in [0.1, 0.15) is 35.0 Å². The monoisotopic (exact) mass is 240 g/mol. The molecule has 1 aromatic heterocycles. The quantitative estimate of drug-likeness (QED) is 0.762. The lowest BCUT2D eigenvalue weighted by atomic mass is 9.84. The van der Waals surface area contributed by atoms with Crippen molar-refractivity contribution in [1.29, 1.82) is 0 Å². The zero-order chi connectivity index (χ0) is 12.7. The van der Waals surface area contributed by atoms with Crippen molar-refractivity contribution in [3.63, 3.8) is 0 Å². The molecule has 0 saturated carbocycles. The van der Waals surface area contributed by atoms with Gasteiger partial charge in [0.1, 0.15) is 0 Å². The Hall–Kier alpha value is -1.90. The van der Waals surface area contributed by atoms with Gasteiger partial charge in [0, 0.05) is 16.6 Å². The second-order valence-corrected chi connectivity index (χ2v) is 5.06. The van der Waals surface area contributed by atoms with Gasteiger partial charge in [-0.2, -0.15) is 0 Å². The van der Waals surface area contributed by atoms with Crippen LogP contribution in [0.4, 0.5) is 0 Å². The SMILES string of the molecule is C[C@H]1CCc2nc3ccccc3c(C(=O)[O-])c2C1. The van der Waals surface area contributed by atoms with Gasteiger partial charge < -0.3 is 9.90 Å². The number of hydrogen-bond donors (Lipinski definition) is 0. The standard InChI is InChI=1S/C15H15NO2/c1-9-6-7-13-11(8-9)14(15(17)18)10-4-2-3-5-12(10)16-13/h2-5,9H,6-8H2,1H3,(H,17,18)/p-1/t9-/m0/s1. The predicted octanol–water partition coefficient (Wildman–Crippen LogP) is 1.72. The van der Waals surface area contributed by atoms with Gasteiger partial charge in [-0.3, -0.25) is 4.98 Å². The first-order chi connectivity index (χ1) is 8.66. The molecule has 0 amide bonds. The minimum atomic E-state index is -1.08. The molecule has 92 valence electrons. The number of hydrogen-bond acceptors (Lipinski definition) is 3. The number of fused-ring (bicyclic) bond motifs is 2. The third kappa shape index (κ3) is 1.67. The fourth-order valence-electron chi connectivity index (χ4n) is 2.80. The molecule has 0 unspecified atom stereocenters. The van der Waals surface area contributed by atoms with E-state index in [9.17, 15) is 9.90 Å². The molecule has 3 rings (SSSR count). The highest BCUT2D eigenvalue weighted by molar-refractivity contribution is 6.03. The van der Waals surface area contributed by atoms with Crippen LogP contribution in [0.15, 0.2) is 24.3 Å². The van der Waals surface area contributed by atoms with Gasteiger partial charge in [0.2, 0.25) is 0 Å². The average molecular weight is 240 g/mol. The topological polar surface area (TPSA) is 53.0 Å². The van der Waals surface area contributed by atoms with Gasteiger partial charge >= 0.3 is 0 Å². The number of carboxylic acids is 1. The first kappa shape index (κ1) is 11.2. The van der Waals surface area contributed by atoms with E-state index in [2.05, 4.69) is 11.9 Å². The largest absolute Gasteiger partial charge is 0.545 e. The summed E-state index contributed by atoms with van der Waals surface area (Å²) in [5.41, 5.74) is 2.92. The van der Waals surface area contributed by atoms with Gasteiger partial charge in [0.15, 0.2) is 0 Å². The van der Waals surface area contributed by atoms with Crippen LogP contribution in [0.3, 0.4) is 0 Å².